The Morgan fingerprint density at radius 3 is 2.41 bits per heavy atom. The second kappa shape index (κ2) is 9.97. The molecule has 0 spiro atoms. The van der Waals surface area contributed by atoms with Gasteiger partial charge in [-0.15, -0.1) is 0 Å². The summed E-state index contributed by atoms with van der Waals surface area (Å²) in [4.78, 5) is 26.0. The zero-order chi connectivity index (χ0) is 25.2. The van der Waals surface area contributed by atoms with Gasteiger partial charge >= 0.3 is 12.1 Å². The molecule has 0 atom stereocenters. The average molecular weight is 551 g/mol. The van der Waals surface area contributed by atoms with E-state index in [1.165, 1.54) is 23.1 Å². The molecule has 13 heteroatoms. The van der Waals surface area contributed by atoms with Gasteiger partial charge in [-0.3, -0.25) is 4.79 Å². The summed E-state index contributed by atoms with van der Waals surface area (Å²) in [6.45, 7) is -0.605. The molecule has 182 valence electrons. The Morgan fingerprint density at radius 1 is 1.21 bits per heavy atom. The minimum Gasteiger partial charge on any atom is -0.466 e. The summed E-state index contributed by atoms with van der Waals surface area (Å²) in [5.74, 6) is -6.04. The lowest BCUT2D eigenvalue weighted by molar-refractivity contribution is -0.138. The van der Waals surface area contributed by atoms with Gasteiger partial charge in [0.15, 0.2) is 23.1 Å². The third-order valence-electron chi connectivity index (χ3n) is 4.69. The maximum absolute atomic E-state index is 14.3. The van der Waals surface area contributed by atoms with E-state index >= 15 is 0 Å². The van der Waals surface area contributed by atoms with E-state index in [2.05, 4.69) is 26.0 Å². The van der Waals surface area contributed by atoms with Crippen molar-refractivity contribution in [2.24, 2.45) is 0 Å². The molecule has 2 aromatic rings. The Morgan fingerprint density at radius 2 is 1.85 bits per heavy atom. The molecule has 1 aliphatic rings. The summed E-state index contributed by atoms with van der Waals surface area (Å²) < 4.78 is 77.4. The van der Waals surface area contributed by atoms with Crippen molar-refractivity contribution in [2.75, 3.05) is 32.1 Å². The fraction of sp³-hybridized carbons (Fsp3) is 0.238. The molecule has 2 N–H and O–H groups in total. The monoisotopic (exact) mass is 550 g/mol. The quantitative estimate of drug-likeness (QED) is 0.396. The summed E-state index contributed by atoms with van der Waals surface area (Å²) in [6, 6.07) is 4.27. The van der Waals surface area contributed by atoms with E-state index in [0.717, 1.165) is 7.11 Å². The van der Waals surface area contributed by atoms with Crippen LogP contribution in [0.1, 0.15) is 5.56 Å². The van der Waals surface area contributed by atoms with Crippen LogP contribution in [-0.4, -0.2) is 48.7 Å². The van der Waals surface area contributed by atoms with Crippen LogP contribution >= 0.6 is 15.9 Å². The van der Waals surface area contributed by atoms with Gasteiger partial charge in [-0.1, -0.05) is 15.9 Å². The first-order valence-electron chi connectivity index (χ1n) is 9.48. The molecule has 0 aliphatic carbocycles. The van der Waals surface area contributed by atoms with Crippen LogP contribution in [-0.2, 0) is 20.5 Å². The SMILES string of the molecule is COC(=O)C1=C(Nc2ccc(Br)cc2Oc2c(F)cc(C(F)(F)F)cc2F)C(=O)N(CCO)C1. The number of aliphatic hydroxyl groups is 1. The van der Waals surface area contributed by atoms with E-state index in [1.807, 2.05) is 0 Å². The van der Waals surface area contributed by atoms with Crippen molar-refractivity contribution >= 4 is 33.5 Å². The Kier molecular flexibility index (Phi) is 7.46. The largest absolute Gasteiger partial charge is 0.466 e. The molecular weight excluding hydrogens is 535 g/mol. The van der Waals surface area contributed by atoms with Gasteiger partial charge in [-0.25, -0.2) is 13.6 Å². The maximum Gasteiger partial charge on any atom is 0.416 e. The second-order valence-corrected chi connectivity index (χ2v) is 7.85. The number of anilines is 1. The smallest absolute Gasteiger partial charge is 0.416 e. The number of rotatable bonds is 7. The molecule has 3 rings (SSSR count). The standard InChI is InChI=1S/C21H16BrF5N2O5/c1-33-20(32)12-9-29(4-5-30)19(31)17(12)28-15-3-2-11(22)8-16(15)34-18-13(23)6-10(7-14(18)24)21(25,26)27/h2-3,6-8,28,30H,4-5,9H2,1H3. The summed E-state index contributed by atoms with van der Waals surface area (Å²) >= 11 is 3.15. The van der Waals surface area contributed by atoms with E-state index in [-0.39, 0.29) is 54.5 Å². The van der Waals surface area contributed by atoms with Crippen LogP contribution in [0.4, 0.5) is 27.6 Å². The molecule has 34 heavy (non-hydrogen) atoms. The molecule has 0 saturated carbocycles. The highest BCUT2D eigenvalue weighted by Gasteiger charge is 2.35. The van der Waals surface area contributed by atoms with Crippen molar-refractivity contribution in [2.45, 2.75) is 6.18 Å². The van der Waals surface area contributed by atoms with Crippen LogP contribution in [0.2, 0.25) is 0 Å². The average Bonchev–Trinajstić information content (AvgIpc) is 3.06. The lowest BCUT2D eigenvalue weighted by atomic mass is 10.2. The second-order valence-electron chi connectivity index (χ2n) is 6.93. The zero-order valence-corrected chi connectivity index (χ0v) is 18.9. The van der Waals surface area contributed by atoms with Crippen LogP contribution in [0.5, 0.6) is 11.5 Å². The number of nitrogens with zero attached hydrogens (tertiary/aromatic N) is 1. The third-order valence-corrected chi connectivity index (χ3v) is 5.19. The van der Waals surface area contributed by atoms with E-state index < -0.39 is 41.0 Å². The molecule has 0 bridgehead atoms. The molecule has 0 unspecified atom stereocenters. The number of hydrogen-bond donors (Lipinski definition) is 2. The number of ether oxygens (including phenoxy) is 2. The predicted octanol–water partition coefficient (Wildman–Crippen LogP) is 4.21. The van der Waals surface area contributed by atoms with Crippen LogP contribution in [0.25, 0.3) is 0 Å². The van der Waals surface area contributed by atoms with Gasteiger partial charge in [0.05, 0.1) is 37.1 Å². The number of amides is 1. The third kappa shape index (κ3) is 5.30. The Bertz CT molecular complexity index is 1150. The fourth-order valence-corrected chi connectivity index (χ4v) is 3.44. The van der Waals surface area contributed by atoms with E-state index in [0.29, 0.717) is 4.47 Å². The van der Waals surface area contributed by atoms with Gasteiger partial charge in [-0.2, -0.15) is 13.2 Å². The number of esters is 1. The van der Waals surface area contributed by atoms with Gasteiger partial charge in [0.1, 0.15) is 5.70 Å². The van der Waals surface area contributed by atoms with Gasteiger partial charge in [0, 0.05) is 11.0 Å². The number of β-amino-alcohol motifs (C(OH)–C–C–N with tert-alkyl or cyclic N) is 1. The fourth-order valence-electron chi connectivity index (χ4n) is 3.10. The van der Waals surface area contributed by atoms with Crippen molar-refractivity contribution in [3.8, 4) is 11.5 Å². The highest BCUT2D eigenvalue weighted by Crippen LogP contribution is 2.39. The van der Waals surface area contributed by atoms with E-state index in [1.54, 1.807) is 0 Å². The normalized spacial score (nSPS) is 14.0. The first-order chi connectivity index (χ1) is 16.0. The lowest BCUT2D eigenvalue weighted by Gasteiger charge is -2.17. The van der Waals surface area contributed by atoms with Crippen molar-refractivity contribution in [3.63, 3.8) is 0 Å². The van der Waals surface area contributed by atoms with E-state index in [9.17, 15) is 31.5 Å². The maximum atomic E-state index is 14.3. The Balaban J connectivity index is 2.01. The van der Waals surface area contributed by atoms with Crippen molar-refractivity contribution in [3.05, 3.63) is 63.3 Å². The molecule has 0 saturated heterocycles. The Labute approximate surface area is 197 Å². The number of benzene rings is 2. The number of aliphatic hydroxyl groups excluding tert-OH is 1. The van der Waals surface area contributed by atoms with Crippen LogP contribution in [0, 0.1) is 11.6 Å². The summed E-state index contributed by atoms with van der Waals surface area (Å²) in [5, 5.41) is 11.8. The van der Waals surface area contributed by atoms with Crippen LogP contribution in [0.15, 0.2) is 46.1 Å². The molecule has 1 amide bonds. The molecule has 0 radical (unpaired) electrons. The highest BCUT2D eigenvalue weighted by atomic mass is 79.9. The summed E-state index contributed by atoms with van der Waals surface area (Å²) in [7, 11) is 1.11. The molecule has 1 aliphatic heterocycles. The lowest BCUT2D eigenvalue weighted by Crippen LogP contribution is -2.31. The molecule has 2 aromatic carbocycles. The van der Waals surface area contributed by atoms with Crippen LogP contribution < -0.4 is 10.1 Å². The molecule has 0 fully saturated rings. The van der Waals surface area contributed by atoms with Gasteiger partial charge in [0.25, 0.3) is 5.91 Å². The minimum atomic E-state index is -4.97. The number of carbonyl (C=O) groups excluding carboxylic acids is 2. The van der Waals surface area contributed by atoms with Crippen molar-refractivity contribution < 1.29 is 46.1 Å². The van der Waals surface area contributed by atoms with Crippen LogP contribution in [0.3, 0.4) is 0 Å². The molecular formula is C21H16BrF5N2O5. The topological polar surface area (TPSA) is 88.1 Å². The predicted molar refractivity (Wildman–Crippen MR) is 112 cm³/mol. The van der Waals surface area contributed by atoms with Crippen molar-refractivity contribution in [1.29, 1.82) is 0 Å². The number of methoxy groups -OCH3 is 1. The van der Waals surface area contributed by atoms with Gasteiger partial charge in [0.2, 0.25) is 0 Å². The number of halogens is 6. The summed E-state index contributed by atoms with van der Waals surface area (Å²) in [6.07, 6.45) is -4.97. The minimum absolute atomic E-state index is 0.0301. The number of nitrogens with one attached hydrogen (secondary N) is 1. The van der Waals surface area contributed by atoms with Crippen molar-refractivity contribution in [1.82, 2.24) is 4.90 Å². The number of hydrogen-bond acceptors (Lipinski definition) is 6. The Hall–Kier alpha value is -3.19. The first-order valence-corrected chi connectivity index (χ1v) is 10.3. The van der Waals surface area contributed by atoms with Gasteiger partial charge in [-0.05, 0) is 30.3 Å². The summed E-state index contributed by atoms with van der Waals surface area (Å²) in [5.41, 5.74) is -1.85. The number of alkyl halides is 3. The first kappa shape index (κ1) is 25.4. The van der Waals surface area contributed by atoms with E-state index in [4.69, 9.17) is 9.84 Å². The molecule has 7 nitrogen and oxygen atoms in total. The highest BCUT2D eigenvalue weighted by molar-refractivity contribution is 9.10. The molecule has 1 heterocycles. The molecule has 0 aromatic heterocycles. The van der Waals surface area contributed by atoms with Gasteiger partial charge < -0.3 is 24.8 Å². The zero-order valence-electron chi connectivity index (χ0n) is 17.3. The number of carbonyl (C=O) groups is 2.